The highest BCUT2D eigenvalue weighted by Crippen LogP contribution is 2.42. The van der Waals surface area contributed by atoms with Crippen LogP contribution in [0.2, 0.25) is 0 Å². The first-order valence-electron chi connectivity index (χ1n) is 9.01. The third-order valence-electron chi connectivity index (χ3n) is 4.59. The lowest BCUT2D eigenvalue weighted by Crippen LogP contribution is -2.33. The minimum Gasteiger partial charge on any atom is -0.507 e. The van der Waals surface area contributed by atoms with Crippen molar-refractivity contribution in [3.05, 3.63) is 63.1 Å². The lowest BCUT2D eigenvalue weighted by Gasteiger charge is -2.25. The topological polar surface area (TPSA) is 66.8 Å². The Morgan fingerprint density at radius 3 is 2.50 bits per heavy atom. The summed E-state index contributed by atoms with van der Waals surface area (Å²) < 4.78 is 18.8. The molecule has 1 fully saturated rings. The maximum atomic E-state index is 13.2. The second-order valence-electron chi connectivity index (χ2n) is 6.89. The summed E-state index contributed by atoms with van der Waals surface area (Å²) in [6, 6.07) is 6.39. The quantitative estimate of drug-likeness (QED) is 0.449. The van der Waals surface area contributed by atoms with Crippen molar-refractivity contribution in [1.82, 2.24) is 4.90 Å². The van der Waals surface area contributed by atoms with Gasteiger partial charge in [0, 0.05) is 17.0 Å². The van der Waals surface area contributed by atoms with Crippen molar-refractivity contribution < 1.29 is 23.8 Å². The normalized spacial score (nSPS) is 19.0. The third-order valence-corrected chi connectivity index (χ3v) is 5.66. The monoisotopic (exact) mass is 403 g/mol. The molecule has 148 valence electrons. The number of carbonyl (C=O) groups is 2. The van der Waals surface area contributed by atoms with E-state index in [-0.39, 0.29) is 36.2 Å². The van der Waals surface area contributed by atoms with Gasteiger partial charge in [-0.1, -0.05) is 0 Å². The largest absolute Gasteiger partial charge is 0.507 e. The minimum absolute atomic E-state index is 0.00189. The number of ketones is 1. The van der Waals surface area contributed by atoms with E-state index in [1.165, 1.54) is 40.5 Å². The number of ether oxygens (including phenoxy) is 1. The summed E-state index contributed by atoms with van der Waals surface area (Å²) >= 11 is 1.42. The summed E-state index contributed by atoms with van der Waals surface area (Å²) in [5.74, 6) is -2.17. The average molecular weight is 403 g/mol. The van der Waals surface area contributed by atoms with E-state index in [2.05, 4.69) is 0 Å². The molecular weight excluding hydrogens is 381 g/mol. The molecule has 2 heterocycles. The fourth-order valence-corrected chi connectivity index (χ4v) is 4.24. The van der Waals surface area contributed by atoms with Crippen LogP contribution in [-0.4, -0.2) is 41.0 Å². The first kappa shape index (κ1) is 20.2. The van der Waals surface area contributed by atoms with E-state index in [0.717, 1.165) is 10.4 Å². The number of likely N-dealkylation sites (tertiary alicyclic amines) is 1. The van der Waals surface area contributed by atoms with Crippen molar-refractivity contribution in [2.75, 3.05) is 13.2 Å². The Hall–Kier alpha value is -2.51. The Labute approximate surface area is 167 Å². The molecule has 2 aromatic rings. The molecule has 1 atom stereocenters. The maximum Gasteiger partial charge on any atom is 0.295 e. The van der Waals surface area contributed by atoms with E-state index >= 15 is 0 Å². The van der Waals surface area contributed by atoms with Crippen LogP contribution in [0.25, 0.3) is 5.76 Å². The molecule has 1 N–H and O–H groups in total. The van der Waals surface area contributed by atoms with Crippen molar-refractivity contribution in [1.29, 1.82) is 0 Å². The second-order valence-corrected chi connectivity index (χ2v) is 7.83. The number of nitrogens with zero attached hydrogens (tertiary/aromatic N) is 1. The van der Waals surface area contributed by atoms with Crippen LogP contribution in [0, 0.1) is 12.7 Å². The van der Waals surface area contributed by atoms with Gasteiger partial charge in [-0.3, -0.25) is 9.59 Å². The Morgan fingerprint density at radius 1 is 1.25 bits per heavy atom. The van der Waals surface area contributed by atoms with Crippen molar-refractivity contribution in [2.24, 2.45) is 0 Å². The molecular formula is C21H22FNO4S. The SMILES string of the molecule is Cc1ccsc1C1/C(=C(/O)c2ccc(F)cc2)C(=O)C(=O)N1CCOC(C)C. The Kier molecular flexibility index (Phi) is 5.96. The number of Topliss-reactive ketones (excluding diaryl/α,β-unsaturated/α-hetero) is 1. The van der Waals surface area contributed by atoms with Crippen LogP contribution >= 0.6 is 11.3 Å². The number of aryl methyl sites for hydroxylation is 1. The van der Waals surface area contributed by atoms with Crippen molar-refractivity contribution in [2.45, 2.75) is 32.9 Å². The van der Waals surface area contributed by atoms with E-state index in [1.807, 2.05) is 32.2 Å². The number of aliphatic hydroxyl groups is 1. The molecule has 0 bridgehead atoms. The van der Waals surface area contributed by atoms with Crippen molar-refractivity contribution >= 4 is 28.8 Å². The Morgan fingerprint density at radius 2 is 1.93 bits per heavy atom. The number of thiophene rings is 1. The van der Waals surface area contributed by atoms with E-state index in [9.17, 15) is 19.1 Å². The molecule has 7 heteroatoms. The molecule has 0 spiro atoms. The van der Waals surface area contributed by atoms with E-state index in [1.54, 1.807) is 0 Å². The first-order valence-corrected chi connectivity index (χ1v) is 9.89. The molecule has 1 amide bonds. The lowest BCUT2D eigenvalue weighted by atomic mass is 9.98. The van der Waals surface area contributed by atoms with Gasteiger partial charge in [0.25, 0.3) is 11.7 Å². The number of hydrogen-bond acceptors (Lipinski definition) is 5. The summed E-state index contributed by atoms with van der Waals surface area (Å²) in [6.07, 6.45) is -0.00189. The average Bonchev–Trinajstić information content (AvgIpc) is 3.17. The number of aliphatic hydroxyl groups excluding tert-OH is 1. The molecule has 0 radical (unpaired) electrons. The highest BCUT2D eigenvalue weighted by Gasteiger charge is 2.46. The molecule has 1 aliphatic rings. The predicted molar refractivity (Wildman–Crippen MR) is 106 cm³/mol. The summed E-state index contributed by atoms with van der Waals surface area (Å²) in [5.41, 5.74) is 1.24. The van der Waals surface area contributed by atoms with Gasteiger partial charge in [0.05, 0.1) is 24.3 Å². The molecule has 5 nitrogen and oxygen atoms in total. The van der Waals surface area contributed by atoms with Gasteiger partial charge in [-0.2, -0.15) is 0 Å². The van der Waals surface area contributed by atoms with Crippen LogP contribution in [0.5, 0.6) is 0 Å². The zero-order chi connectivity index (χ0) is 20.4. The smallest absolute Gasteiger partial charge is 0.295 e. The van der Waals surface area contributed by atoms with Gasteiger partial charge in [-0.15, -0.1) is 11.3 Å². The molecule has 3 rings (SSSR count). The van der Waals surface area contributed by atoms with Crippen molar-refractivity contribution in [3.8, 4) is 0 Å². The van der Waals surface area contributed by atoms with E-state index in [4.69, 9.17) is 4.74 Å². The van der Waals surface area contributed by atoms with Gasteiger partial charge < -0.3 is 14.7 Å². The lowest BCUT2D eigenvalue weighted by molar-refractivity contribution is -0.140. The Bertz CT molecular complexity index is 917. The number of halogens is 1. The molecule has 0 saturated carbocycles. The van der Waals surface area contributed by atoms with Gasteiger partial charge >= 0.3 is 0 Å². The number of rotatable bonds is 6. The van der Waals surface area contributed by atoms with Crippen LogP contribution in [0.1, 0.15) is 35.9 Å². The standard InChI is InChI=1S/C21H22FNO4S/c1-12(2)27-10-9-23-17(20-13(3)8-11-28-20)16(19(25)21(23)26)18(24)14-4-6-15(22)7-5-14/h4-8,11-12,17,24H,9-10H2,1-3H3/b18-16-. The van der Waals surface area contributed by atoms with Crippen LogP contribution < -0.4 is 0 Å². The highest BCUT2D eigenvalue weighted by atomic mass is 32.1. The number of hydrogen-bond donors (Lipinski definition) is 1. The first-order chi connectivity index (χ1) is 13.3. The number of amides is 1. The van der Waals surface area contributed by atoms with Crippen LogP contribution in [0.4, 0.5) is 4.39 Å². The van der Waals surface area contributed by atoms with Crippen LogP contribution in [0.15, 0.2) is 41.3 Å². The molecule has 0 aliphatic carbocycles. The van der Waals surface area contributed by atoms with Crippen molar-refractivity contribution in [3.63, 3.8) is 0 Å². The number of benzene rings is 1. The third kappa shape index (κ3) is 3.86. The van der Waals surface area contributed by atoms with Gasteiger partial charge in [-0.25, -0.2) is 4.39 Å². The zero-order valence-corrected chi connectivity index (χ0v) is 16.8. The summed E-state index contributed by atoms with van der Waals surface area (Å²) in [5, 5.41) is 12.7. The van der Waals surface area contributed by atoms with Gasteiger partial charge in [0.1, 0.15) is 11.6 Å². The molecule has 1 unspecified atom stereocenters. The molecule has 28 heavy (non-hydrogen) atoms. The van der Waals surface area contributed by atoms with E-state index < -0.39 is 23.5 Å². The molecule has 1 aromatic carbocycles. The van der Waals surface area contributed by atoms with Gasteiger partial charge in [-0.05, 0) is 62.0 Å². The minimum atomic E-state index is -0.746. The van der Waals surface area contributed by atoms with Crippen LogP contribution in [-0.2, 0) is 14.3 Å². The van der Waals surface area contributed by atoms with Gasteiger partial charge in [0.15, 0.2) is 0 Å². The highest BCUT2D eigenvalue weighted by molar-refractivity contribution is 7.10. The fourth-order valence-electron chi connectivity index (χ4n) is 3.20. The van der Waals surface area contributed by atoms with E-state index in [0.29, 0.717) is 0 Å². The van der Waals surface area contributed by atoms with Crippen LogP contribution in [0.3, 0.4) is 0 Å². The second kappa shape index (κ2) is 8.24. The number of carbonyl (C=O) groups excluding carboxylic acids is 2. The Balaban J connectivity index is 2.07. The fraction of sp³-hybridized carbons (Fsp3) is 0.333. The maximum absolute atomic E-state index is 13.2. The molecule has 1 saturated heterocycles. The van der Waals surface area contributed by atoms with Gasteiger partial charge in [0.2, 0.25) is 0 Å². The predicted octanol–water partition coefficient (Wildman–Crippen LogP) is 4.04. The summed E-state index contributed by atoms with van der Waals surface area (Å²) in [4.78, 5) is 27.8. The zero-order valence-electron chi connectivity index (χ0n) is 15.9. The molecule has 1 aromatic heterocycles. The summed E-state index contributed by atoms with van der Waals surface area (Å²) in [6.45, 7) is 6.19. The summed E-state index contributed by atoms with van der Waals surface area (Å²) in [7, 11) is 0. The molecule has 1 aliphatic heterocycles.